The van der Waals surface area contributed by atoms with Crippen molar-refractivity contribution in [2.75, 3.05) is 19.0 Å². The van der Waals surface area contributed by atoms with Gasteiger partial charge in [-0.25, -0.2) is 4.98 Å². The van der Waals surface area contributed by atoms with E-state index in [-0.39, 0.29) is 17.5 Å². The number of hydrogen-bond donors (Lipinski definition) is 2. The zero-order chi connectivity index (χ0) is 20.6. The molecular weight excluding hydrogens is 368 g/mol. The molecule has 0 saturated heterocycles. The summed E-state index contributed by atoms with van der Waals surface area (Å²) in [6.07, 6.45) is 4.99. The first-order valence-corrected chi connectivity index (χ1v) is 9.16. The summed E-state index contributed by atoms with van der Waals surface area (Å²) < 4.78 is 5.33. The van der Waals surface area contributed by atoms with E-state index in [2.05, 4.69) is 20.6 Å². The van der Waals surface area contributed by atoms with Crippen molar-refractivity contribution in [1.29, 1.82) is 0 Å². The van der Waals surface area contributed by atoms with Gasteiger partial charge in [-0.15, -0.1) is 0 Å². The number of aromatic nitrogens is 2. The molecule has 0 saturated carbocycles. The molecule has 3 aromatic rings. The van der Waals surface area contributed by atoms with E-state index in [1.165, 1.54) is 18.6 Å². The third kappa shape index (κ3) is 5.16. The summed E-state index contributed by atoms with van der Waals surface area (Å²) in [5.74, 6) is 0.205. The second-order valence-corrected chi connectivity index (χ2v) is 6.39. The number of amides is 2. The lowest BCUT2D eigenvalue weighted by atomic mass is 10.1. The maximum Gasteiger partial charge on any atom is 0.275 e. The molecule has 0 aliphatic carbocycles. The third-order valence-corrected chi connectivity index (χ3v) is 4.42. The Balaban J connectivity index is 1.64. The van der Waals surface area contributed by atoms with Crippen molar-refractivity contribution in [1.82, 2.24) is 15.3 Å². The van der Waals surface area contributed by atoms with Crippen molar-refractivity contribution in [3.8, 4) is 5.75 Å². The Morgan fingerprint density at radius 2 is 1.90 bits per heavy atom. The molecule has 2 aromatic carbocycles. The second-order valence-electron chi connectivity index (χ2n) is 6.39. The fraction of sp³-hybridized carbons (Fsp3) is 0.182. The normalized spacial score (nSPS) is 10.3. The number of hydrogen-bond acceptors (Lipinski definition) is 5. The molecule has 0 atom stereocenters. The van der Waals surface area contributed by atoms with Crippen LogP contribution in [0.1, 0.15) is 32.0 Å². The molecule has 1 heterocycles. The summed E-state index contributed by atoms with van der Waals surface area (Å²) >= 11 is 0. The second kappa shape index (κ2) is 9.45. The lowest BCUT2D eigenvalue weighted by Gasteiger charge is -2.12. The molecule has 0 bridgehead atoms. The van der Waals surface area contributed by atoms with Crippen LogP contribution in [0.4, 0.5) is 5.69 Å². The minimum absolute atomic E-state index is 0.207. The maximum atomic E-state index is 12.5. The van der Waals surface area contributed by atoms with Crippen LogP contribution in [-0.2, 0) is 6.42 Å². The van der Waals surface area contributed by atoms with Gasteiger partial charge in [0.2, 0.25) is 0 Å². The van der Waals surface area contributed by atoms with Gasteiger partial charge in [0, 0.05) is 30.2 Å². The third-order valence-electron chi connectivity index (χ3n) is 4.42. The summed E-state index contributed by atoms with van der Waals surface area (Å²) in [4.78, 5) is 32.7. The van der Waals surface area contributed by atoms with Gasteiger partial charge >= 0.3 is 0 Å². The Kier molecular flexibility index (Phi) is 6.52. The number of para-hydroxylation sites is 1. The van der Waals surface area contributed by atoms with Crippen molar-refractivity contribution in [2.45, 2.75) is 13.3 Å². The van der Waals surface area contributed by atoms with Crippen LogP contribution in [0.5, 0.6) is 5.75 Å². The monoisotopic (exact) mass is 390 g/mol. The molecule has 2 amide bonds. The van der Waals surface area contributed by atoms with Gasteiger partial charge in [-0.2, -0.15) is 0 Å². The van der Waals surface area contributed by atoms with Gasteiger partial charge in [0.1, 0.15) is 11.4 Å². The van der Waals surface area contributed by atoms with Crippen molar-refractivity contribution in [2.24, 2.45) is 0 Å². The number of anilines is 1. The van der Waals surface area contributed by atoms with Crippen LogP contribution >= 0.6 is 0 Å². The molecule has 2 N–H and O–H groups in total. The number of carbonyl (C=O) groups is 2. The van der Waals surface area contributed by atoms with E-state index in [1.807, 2.05) is 31.2 Å². The molecule has 7 heteroatoms. The molecular formula is C22H22N4O3. The summed E-state index contributed by atoms with van der Waals surface area (Å²) in [6.45, 7) is 2.32. The maximum absolute atomic E-state index is 12.5. The summed E-state index contributed by atoms with van der Waals surface area (Å²) in [6, 6.07) is 12.9. The summed E-state index contributed by atoms with van der Waals surface area (Å²) in [5.41, 5.74) is 3.09. The van der Waals surface area contributed by atoms with Gasteiger partial charge in [-0.1, -0.05) is 24.3 Å². The van der Waals surface area contributed by atoms with Gasteiger partial charge < -0.3 is 15.4 Å². The van der Waals surface area contributed by atoms with Gasteiger partial charge in [0.25, 0.3) is 11.8 Å². The molecule has 0 aliphatic rings. The highest BCUT2D eigenvalue weighted by Crippen LogP contribution is 2.19. The Morgan fingerprint density at radius 1 is 1.07 bits per heavy atom. The number of aryl methyl sites for hydroxylation is 1. The van der Waals surface area contributed by atoms with E-state index in [9.17, 15) is 9.59 Å². The predicted octanol–water partition coefficient (Wildman–Crippen LogP) is 3.02. The van der Waals surface area contributed by atoms with Crippen LogP contribution < -0.4 is 15.4 Å². The van der Waals surface area contributed by atoms with E-state index >= 15 is 0 Å². The Hall–Kier alpha value is -3.74. The number of nitrogens with zero attached hydrogens (tertiary/aromatic N) is 2. The highest BCUT2D eigenvalue weighted by atomic mass is 16.5. The molecule has 3 rings (SSSR count). The Bertz CT molecular complexity index is 1010. The van der Waals surface area contributed by atoms with Gasteiger partial charge in [-0.05, 0) is 42.7 Å². The van der Waals surface area contributed by atoms with E-state index in [1.54, 1.807) is 25.3 Å². The molecule has 0 aliphatic heterocycles. The quantitative estimate of drug-likeness (QED) is 0.647. The molecule has 0 spiro atoms. The average Bonchev–Trinajstić information content (AvgIpc) is 2.76. The smallest absolute Gasteiger partial charge is 0.275 e. The molecule has 7 nitrogen and oxygen atoms in total. The first-order valence-electron chi connectivity index (χ1n) is 9.16. The molecule has 29 heavy (non-hydrogen) atoms. The van der Waals surface area contributed by atoms with Crippen molar-refractivity contribution >= 4 is 17.5 Å². The Labute approximate surface area is 169 Å². The van der Waals surface area contributed by atoms with Gasteiger partial charge in [0.15, 0.2) is 0 Å². The Morgan fingerprint density at radius 3 is 2.66 bits per heavy atom. The number of carbonyl (C=O) groups excluding carboxylic acids is 2. The van der Waals surface area contributed by atoms with Crippen LogP contribution in [0.25, 0.3) is 0 Å². The standard InChI is InChI=1S/C22H22N4O3/c1-15-7-8-17(13-18(15)26-22(28)19-14-23-11-12-24-19)21(27)25-10-9-16-5-3-4-6-20(16)29-2/h3-8,11-14H,9-10H2,1-2H3,(H,25,27)(H,26,28). The lowest BCUT2D eigenvalue weighted by Crippen LogP contribution is -2.26. The average molecular weight is 390 g/mol. The first-order chi connectivity index (χ1) is 14.1. The number of benzene rings is 2. The minimum Gasteiger partial charge on any atom is -0.496 e. The minimum atomic E-state index is -0.380. The fourth-order valence-corrected chi connectivity index (χ4v) is 2.82. The summed E-state index contributed by atoms with van der Waals surface area (Å²) in [5, 5.41) is 5.68. The molecule has 0 unspecified atom stereocenters. The zero-order valence-electron chi connectivity index (χ0n) is 16.3. The van der Waals surface area contributed by atoms with Crippen LogP contribution in [0, 0.1) is 6.92 Å². The molecule has 0 fully saturated rings. The van der Waals surface area contributed by atoms with Gasteiger partial charge in [0.05, 0.1) is 13.3 Å². The van der Waals surface area contributed by atoms with E-state index in [0.717, 1.165) is 16.9 Å². The zero-order valence-corrected chi connectivity index (χ0v) is 16.3. The molecule has 0 radical (unpaired) electrons. The van der Waals surface area contributed by atoms with Crippen molar-refractivity contribution in [3.63, 3.8) is 0 Å². The molecule has 1 aromatic heterocycles. The van der Waals surface area contributed by atoms with Crippen LogP contribution in [0.3, 0.4) is 0 Å². The predicted molar refractivity (Wildman–Crippen MR) is 110 cm³/mol. The van der Waals surface area contributed by atoms with E-state index < -0.39 is 0 Å². The van der Waals surface area contributed by atoms with Crippen molar-refractivity contribution in [3.05, 3.63) is 83.4 Å². The van der Waals surface area contributed by atoms with Crippen LogP contribution in [0.2, 0.25) is 0 Å². The van der Waals surface area contributed by atoms with Gasteiger partial charge in [-0.3, -0.25) is 14.6 Å². The number of nitrogens with one attached hydrogen (secondary N) is 2. The fourth-order valence-electron chi connectivity index (χ4n) is 2.82. The highest BCUT2D eigenvalue weighted by Gasteiger charge is 2.12. The van der Waals surface area contributed by atoms with Crippen LogP contribution in [-0.4, -0.2) is 35.4 Å². The SMILES string of the molecule is COc1ccccc1CCNC(=O)c1ccc(C)c(NC(=O)c2cnccn2)c1. The van der Waals surface area contributed by atoms with Crippen LogP contribution in [0.15, 0.2) is 61.1 Å². The summed E-state index contributed by atoms with van der Waals surface area (Å²) in [7, 11) is 1.63. The lowest BCUT2D eigenvalue weighted by molar-refractivity contribution is 0.0952. The van der Waals surface area contributed by atoms with Crippen molar-refractivity contribution < 1.29 is 14.3 Å². The number of methoxy groups -OCH3 is 1. The first kappa shape index (κ1) is 20.0. The van der Waals surface area contributed by atoms with E-state index in [4.69, 9.17) is 4.74 Å². The molecule has 148 valence electrons. The topological polar surface area (TPSA) is 93.2 Å². The largest absolute Gasteiger partial charge is 0.496 e. The number of rotatable bonds is 7. The highest BCUT2D eigenvalue weighted by molar-refractivity contribution is 6.04. The number of ether oxygens (including phenoxy) is 1. The van der Waals surface area contributed by atoms with E-state index in [0.29, 0.717) is 24.2 Å².